The second-order valence-electron chi connectivity index (χ2n) is 2.94. The molecule has 64 valence electrons. The summed E-state index contributed by atoms with van der Waals surface area (Å²) in [5, 5.41) is 3.02. The van der Waals surface area contributed by atoms with Crippen LogP contribution in [0.15, 0.2) is 18.2 Å². The molecule has 12 heavy (non-hydrogen) atoms. The van der Waals surface area contributed by atoms with Crippen LogP contribution in [0.3, 0.4) is 0 Å². The van der Waals surface area contributed by atoms with Gasteiger partial charge in [-0.05, 0) is 19.0 Å². The van der Waals surface area contributed by atoms with Gasteiger partial charge >= 0.3 is 0 Å². The van der Waals surface area contributed by atoms with E-state index >= 15 is 0 Å². The van der Waals surface area contributed by atoms with Crippen molar-refractivity contribution in [3.8, 4) is 0 Å². The van der Waals surface area contributed by atoms with Crippen LogP contribution in [-0.4, -0.2) is 6.54 Å². The normalized spacial score (nSPS) is 22.0. The Morgan fingerprint density at radius 2 is 2.08 bits per heavy atom. The number of nitrogens with one attached hydrogen (secondary N) is 1. The summed E-state index contributed by atoms with van der Waals surface area (Å²) in [6.07, 6.45) is 0.889. The molecular formula is C9H9F2N. The number of rotatable bonds is 1. The molecule has 1 aromatic carbocycles. The van der Waals surface area contributed by atoms with Gasteiger partial charge in [0, 0.05) is 11.6 Å². The Hall–Kier alpha value is -0.960. The largest absolute Gasteiger partial charge is 0.310 e. The lowest BCUT2D eigenvalue weighted by molar-refractivity contribution is 0.363. The number of hydrogen-bond donors (Lipinski definition) is 1. The molecule has 1 atom stereocenters. The predicted molar refractivity (Wildman–Crippen MR) is 41.7 cm³/mol. The maximum Gasteiger partial charge on any atom is 0.163 e. The van der Waals surface area contributed by atoms with E-state index in [1.165, 1.54) is 6.07 Å². The molecule has 2 rings (SSSR count). The highest BCUT2D eigenvalue weighted by atomic mass is 19.2. The molecule has 1 aromatic rings. The summed E-state index contributed by atoms with van der Waals surface area (Å²) >= 11 is 0. The molecule has 1 heterocycles. The van der Waals surface area contributed by atoms with Crippen molar-refractivity contribution in [1.29, 1.82) is 0 Å². The maximum atomic E-state index is 13.1. The zero-order valence-electron chi connectivity index (χ0n) is 6.48. The van der Waals surface area contributed by atoms with Gasteiger partial charge < -0.3 is 5.32 Å². The highest BCUT2D eigenvalue weighted by molar-refractivity contribution is 5.23. The summed E-state index contributed by atoms with van der Waals surface area (Å²) in [5.74, 6) is -1.48. The van der Waals surface area contributed by atoms with Crippen LogP contribution in [-0.2, 0) is 0 Å². The lowest BCUT2D eigenvalue weighted by atomic mass is 9.97. The van der Waals surface area contributed by atoms with E-state index in [2.05, 4.69) is 5.32 Å². The smallest absolute Gasteiger partial charge is 0.163 e. The van der Waals surface area contributed by atoms with Crippen molar-refractivity contribution in [2.45, 2.75) is 12.5 Å². The Kier molecular flexibility index (Phi) is 1.81. The summed E-state index contributed by atoms with van der Waals surface area (Å²) in [7, 11) is 0. The number of benzene rings is 1. The fraction of sp³-hybridized carbons (Fsp3) is 0.333. The van der Waals surface area contributed by atoms with E-state index in [1.54, 1.807) is 6.07 Å². The van der Waals surface area contributed by atoms with Crippen molar-refractivity contribution >= 4 is 0 Å². The SMILES string of the molecule is Fc1cccc([C@H]2CCN2)c1F. The first-order valence-electron chi connectivity index (χ1n) is 3.96. The first-order valence-corrected chi connectivity index (χ1v) is 3.96. The van der Waals surface area contributed by atoms with Crippen LogP contribution in [0.2, 0.25) is 0 Å². The standard InChI is InChI=1S/C9H9F2N/c10-7-3-1-2-6(9(7)11)8-4-5-12-8/h1-3,8,12H,4-5H2/t8-/m1/s1. The van der Waals surface area contributed by atoms with Gasteiger partial charge in [-0.2, -0.15) is 0 Å². The molecule has 1 aliphatic rings. The van der Waals surface area contributed by atoms with Crippen LogP contribution < -0.4 is 5.32 Å². The molecule has 3 heteroatoms. The average Bonchev–Trinajstić information content (AvgIpc) is 1.95. The van der Waals surface area contributed by atoms with Gasteiger partial charge in [-0.25, -0.2) is 8.78 Å². The molecule has 0 spiro atoms. The summed E-state index contributed by atoms with van der Waals surface area (Å²) in [4.78, 5) is 0. The summed E-state index contributed by atoms with van der Waals surface area (Å²) < 4.78 is 25.8. The highest BCUT2D eigenvalue weighted by Crippen LogP contribution is 2.25. The zero-order chi connectivity index (χ0) is 8.55. The average molecular weight is 169 g/mol. The molecule has 0 bridgehead atoms. The Balaban J connectivity index is 2.36. The van der Waals surface area contributed by atoms with Gasteiger partial charge in [0.25, 0.3) is 0 Å². The lowest BCUT2D eigenvalue weighted by Gasteiger charge is -2.28. The van der Waals surface area contributed by atoms with Crippen molar-refractivity contribution in [3.05, 3.63) is 35.4 Å². The minimum atomic E-state index is -0.763. The first-order chi connectivity index (χ1) is 5.79. The Morgan fingerprint density at radius 1 is 1.33 bits per heavy atom. The molecule has 1 fully saturated rings. The molecule has 0 unspecified atom stereocenters. The van der Waals surface area contributed by atoms with E-state index in [1.807, 2.05) is 0 Å². The van der Waals surface area contributed by atoms with Crippen molar-refractivity contribution in [1.82, 2.24) is 5.32 Å². The molecule has 0 amide bonds. The van der Waals surface area contributed by atoms with Crippen molar-refractivity contribution < 1.29 is 8.78 Å². The van der Waals surface area contributed by atoms with Crippen molar-refractivity contribution in [2.75, 3.05) is 6.54 Å². The summed E-state index contributed by atoms with van der Waals surface area (Å²) in [6.45, 7) is 0.890. The van der Waals surface area contributed by atoms with E-state index in [-0.39, 0.29) is 6.04 Å². The van der Waals surface area contributed by atoms with Gasteiger partial charge in [0.2, 0.25) is 0 Å². The molecule has 1 saturated heterocycles. The molecular weight excluding hydrogens is 160 g/mol. The summed E-state index contributed by atoms with van der Waals surface area (Å²) in [6, 6.07) is 4.31. The molecule has 1 nitrogen and oxygen atoms in total. The van der Waals surface area contributed by atoms with Crippen molar-refractivity contribution in [3.63, 3.8) is 0 Å². The topological polar surface area (TPSA) is 12.0 Å². The monoisotopic (exact) mass is 169 g/mol. The molecule has 0 saturated carbocycles. The van der Waals surface area contributed by atoms with Crippen LogP contribution in [0.5, 0.6) is 0 Å². The van der Waals surface area contributed by atoms with Crippen LogP contribution in [0.1, 0.15) is 18.0 Å². The maximum absolute atomic E-state index is 13.1. The van der Waals surface area contributed by atoms with Gasteiger partial charge in [-0.3, -0.25) is 0 Å². The Morgan fingerprint density at radius 3 is 2.67 bits per heavy atom. The third-order valence-corrected chi connectivity index (χ3v) is 2.18. The van der Waals surface area contributed by atoms with Gasteiger partial charge in [0.15, 0.2) is 11.6 Å². The van der Waals surface area contributed by atoms with E-state index < -0.39 is 11.6 Å². The molecule has 1 N–H and O–H groups in total. The van der Waals surface area contributed by atoms with Crippen LogP contribution >= 0.6 is 0 Å². The predicted octanol–water partition coefficient (Wildman–Crippen LogP) is 2.00. The molecule has 0 aromatic heterocycles. The van der Waals surface area contributed by atoms with Crippen LogP contribution in [0.25, 0.3) is 0 Å². The number of halogens is 2. The second-order valence-corrected chi connectivity index (χ2v) is 2.94. The lowest BCUT2D eigenvalue weighted by Crippen LogP contribution is -2.35. The van der Waals surface area contributed by atoms with E-state index in [4.69, 9.17) is 0 Å². The zero-order valence-corrected chi connectivity index (χ0v) is 6.48. The van der Waals surface area contributed by atoms with Gasteiger partial charge in [-0.15, -0.1) is 0 Å². The van der Waals surface area contributed by atoms with E-state index in [9.17, 15) is 8.78 Å². The second kappa shape index (κ2) is 2.83. The third kappa shape index (κ3) is 1.10. The van der Waals surface area contributed by atoms with Gasteiger partial charge in [-0.1, -0.05) is 12.1 Å². The first kappa shape index (κ1) is 7.68. The molecule has 0 aliphatic carbocycles. The minimum absolute atomic E-state index is 0.0145. The molecule has 1 aliphatic heterocycles. The van der Waals surface area contributed by atoms with Crippen molar-refractivity contribution in [2.24, 2.45) is 0 Å². The van der Waals surface area contributed by atoms with E-state index in [0.717, 1.165) is 19.0 Å². The van der Waals surface area contributed by atoms with Gasteiger partial charge in [0.1, 0.15) is 0 Å². The Labute approximate surface area is 69.4 Å². The van der Waals surface area contributed by atoms with Gasteiger partial charge in [0.05, 0.1) is 0 Å². The van der Waals surface area contributed by atoms with Crippen LogP contribution in [0, 0.1) is 11.6 Å². The Bertz CT molecular complexity index is 295. The molecule has 0 radical (unpaired) electrons. The van der Waals surface area contributed by atoms with Crippen LogP contribution in [0.4, 0.5) is 8.78 Å². The third-order valence-electron chi connectivity index (χ3n) is 2.18. The van der Waals surface area contributed by atoms with E-state index in [0.29, 0.717) is 5.56 Å². The highest BCUT2D eigenvalue weighted by Gasteiger charge is 2.22. The quantitative estimate of drug-likeness (QED) is 0.678. The minimum Gasteiger partial charge on any atom is -0.310 e. The fourth-order valence-electron chi connectivity index (χ4n) is 1.34. The fourth-order valence-corrected chi connectivity index (χ4v) is 1.34. The number of hydrogen-bond acceptors (Lipinski definition) is 1. The summed E-state index contributed by atoms with van der Waals surface area (Å²) in [5.41, 5.74) is 0.446.